The van der Waals surface area contributed by atoms with E-state index in [4.69, 9.17) is 0 Å². The van der Waals surface area contributed by atoms with Gasteiger partial charge in [0.25, 0.3) is 0 Å². The van der Waals surface area contributed by atoms with Crippen molar-refractivity contribution in [2.45, 2.75) is 45.1 Å². The standard InChI is InChI=1S/C22H31N5O/c28-21(8-4-13-27-19-23-18-24-27)26-15-11-22(17-26)10-5-12-25(16-22)14-9-20-6-2-1-3-7-20/h1-3,6-7,18-19H,4-5,8-17H2. The first-order valence-electron chi connectivity index (χ1n) is 10.6. The molecule has 2 aromatic rings. The van der Waals surface area contributed by atoms with Crippen LogP contribution in [0.1, 0.15) is 37.7 Å². The van der Waals surface area contributed by atoms with E-state index in [1.165, 1.54) is 24.9 Å². The summed E-state index contributed by atoms with van der Waals surface area (Å²) in [6.45, 7) is 6.09. The molecule has 2 aliphatic rings. The van der Waals surface area contributed by atoms with Gasteiger partial charge in [-0.2, -0.15) is 5.10 Å². The fourth-order valence-electron chi connectivity index (χ4n) is 4.81. The molecular formula is C22H31N5O. The number of rotatable bonds is 7. The van der Waals surface area contributed by atoms with Crippen molar-refractivity contribution in [3.05, 3.63) is 48.5 Å². The van der Waals surface area contributed by atoms with Gasteiger partial charge in [0.15, 0.2) is 0 Å². The van der Waals surface area contributed by atoms with Crippen LogP contribution in [-0.4, -0.2) is 63.2 Å². The van der Waals surface area contributed by atoms with Crippen molar-refractivity contribution in [3.63, 3.8) is 0 Å². The Hall–Kier alpha value is -2.21. The molecule has 6 nitrogen and oxygen atoms in total. The second-order valence-electron chi connectivity index (χ2n) is 8.44. The molecule has 150 valence electrons. The van der Waals surface area contributed by atoms with E-state index in [-0.39, 0.29) is 0 Å². The second kappa shape index (κ2) is 8.86. The molecule has 0 aliphatic carbocycles. The average molecular weight is 382 g/mol. The number of aromatic nitrogens is 3. The fraction of sp³-hybridized carbons (Fsp3) is 0.591. The van der Waals surface area contributed by atoms with Gasteiger partial charge in [-0.15, -0.1) is 0 Å². The third-order valence-corrected chi connectivity index (χ3v) is 6.34. The van der Waals surface area contributed by atoms with E-state index >= 15 is 0 Å². The van der Waals surface area contributed by atoms with Crippen molar-refractivity contribution in [1.82, 2.24) is 24.6 Å². The third kappa shape index (κ3) is 4.79. The summed E-state index contributed by atoms with van der Waals surface area (Å²) in [6, 6.07) is 10.8. The van der Waals surface area contributed by atoms with E-state index in [2.05, 4.69) is 50.2 Å². The van der Waals surface area contributed by atoms with Crippen LogP contribution in [0.3, 0.4) is 0 Å². The van der Waals surface area contributed by atoms with Crippen LogP contribution in [-0.2, 0) is 17.8 Å². The Labute approximate surface area is 167 Å². The lowest BCUT2D eigenvalue weighted by Gasteiger charge is -2.40. The maximum atomic E-state index is 12.7. The lowest BCUT2D eigenvalue weighted by molar-refractivity contribution is -0.130. The first kappa shape index (κ1) is 19.1. The van der Waals surface area contributed by atoms with Crippen molar-refractivity contribution in [1.29, 1.82) is 0 Å². The van der Waals surface area contributed by atoms with E-state index in [0.29, 0.717) is 17.7 Å². The maximum Gasteiger partial charge on any atom is 0.222 e. The number of carbonyl (C=O) groups is 1. The van der Waals surface area contributed by atoms with Crippen molar-refractivity contribution in [2.24, 2.45) is 5.41 Å². The van der Waals surface area contributed by atoms with E-state index in [1.54, 1.807) is 17.3 Å². The molecule has 2 fully saturated rings. The van der Waals surface area contributed by atoms with Crippen LogP contribution >= 0.6 is 0 Å². The predicted octanol–water partition coefficient (Wildman–Crippen LogP) is 2.62. The van der Waals surface area contributed by atoms with Gasteiger partial charge in [0.1, 0.15) is 12.7 Å². The van der Waals surface area contributed by atoms with Gasteiger partial charge in [-0.3, -0.25) is 9.48 Å². The zero-order valence-corrected chi connectivity index (χ0v) is 16.7. The highest BCUT2D eigenvalue weighted by Gasteiger charge is 2.42. The topological polar surface area (TPSA) is 54.3 Å². The molecule has 28 heavy (non-hydrogen) atoms. The minimum atomic E-state index is 0.304. The lowest BCUT2D eigenvalue weighted by Crippen LogP contribution is -2.46. The van der Waals surface area contributed by atoms with Gasteiger partial charge in [-0.05, 0) is 44.2 Å². The van der Waals surface area contributed by atoms with Gasteiger partial charge in [0.2, 0.25) is 5.91 Å². The molecule has 0 bridgehead atoms. The summed E-state index contributed by atoms with van der Waals surface area (Å²) in [7, 11) is 0. The van der Waals surface area contributed by atoms with Gasteiger partial charge in [-0.1, -0.05) is 30.3 Å². The molecule has 3 heterocycles. The molecule has 0 N–H and O–H groups in total. The first-order valence-corrected chi connectivity index (χ1v) is 10.6. The summed E-state index contributed by atoms with van der Waals surface area (Å²) < 4.78 is 1.80. The highest BCUT2D eigenvalue weighted by Crippen LogP contribution is 2.39. The van der Waals surface area contributed by atoms with Crippen molar-refractivity contribution < 1.29 is 4.79 Å². The van der Waals surface area contributed by atoms with Crippen LogP contribution in [0.15, 0.2) is 43.0 Å². The van der Waals surface area contributed by atoms with Gasteiger partial charge in [-0.25, -0.2) is 4.98 Å². The molecule has 1 spiro atoms. The highest BCUT2D eigenvalue weighted by atomic mass is 16.2. The Bertz CT molecular complexity index is 748. The van der Waals surface area contributed by atoms with Crippen LogP contribution in [0.5, 0.6) is 0 Å². The summed E-state index contributed by atoms with van der Waals surface area (Å²) >= 11 is 0. The van der Waals surface area contributed by atoms with Crippen LogP contribution < -0.4 is 0 Å². The zero-order chi connectivity index (χ0) is 19.2. The molecule has 4 rings (SSSR count). The quantitative estimate of drug-likeness (QED) is 0.740. The summed E-state index contributed by atoms with van der Waals surface area (Å²) in [6.07, 6.45) is 9.47. The normalized spacial score (nSPS) is 22.8. The third-order valence-electron chi connectivity index (χ3n) is 6.34. The molecular weight excluding hydrogens is 350 g/mol. The number of piperidine rings is 1. The number of benzene rings is 1. The summed E-state index contributed by atoms with van der Waals surface area (Å²) in [5.41, 5.74) is 1.73. The number of hydrogen-bond acceptors (Lipinski definition) is 4. The number of amides is 1. The molecule has 0 radical (unpaired) electrons. The summed E-state index contributed by atoms with van der Waals surface area (Å²) in [5, 5.41) is 4.10. The Morgan fingerprint density at radius 1 is 1.07 bits per heavy atom. The molecule has 6 heteroatoms. The lowest BCUT2D eigenvalue weighted by atomic mass is 9.79. The van der Waals surface area contributed by atoms with Crippen LogP contribution in [0.25, 0.3) is 0 Å². The number of hydrogen-bond donors (Lipinski definition) is 0. The largest absolute Gasteiger partial charge is 0.342 e. The van der Waals surface area contributed by atoms with Crippen LogP contribution in [0, 0.1) is 5.41 Å². The predicted molar refractivity (Wildman–Crippen MR) is 109 cm³/mol. The Kier molecular flexibility index (Phi) is 6.05. The van der Waals surface area contributed by atoms with Crippen LogP contribution in [0.2, 0.25) is 0 Å². The molecule has 2 saturated heterocycles. The Morgan fingerprint density at radius 2 is 1.96 bits per heavy atom. The number of aryl methyl sites for hydroxylation is 1. The molecule has 1 aromatic heterocycles. The number of likely N-dealkylation sites (tertiary alicyclic amines) is 2. The van der Waals surface area contributed by atoms with Crippen molar-refractivity contribution in [3.8, 4) is 0 Å². The Balaban J connectivity index is 1.24. The summed E-state index contributed by atoms with van der Waals surface area (Å²) in [4.78, 5) is 21.3. The monoisotopic (exact) mass is 381 g/mol. The minimum absolute atomic E-state index is 0.304. The van der Waals surface area contributed by atoms with Gasteiger partial charge in [0, 0.05) is 44.6 Å². The first-order chi connectivity index (χ1) is 13.7. The molecule has 0 saturated carbocycles. The van der Waals surface area contributed by atoms with Gasteiger partial charge < -0.3 is 9.80 Å². The summed E-state index contributed by atoms with van der Waals surface area (Å²) in [5.74, 6) is 0.304. The number of nitrogens with zero attached hydrogens (tertiary/aromatic N) is 5. The minimum Gasteiger partial charge on any atom is -0.342 e. The molecule has 1 aromatic carbocycles. The van der Waals surface area contributed by atoms with Gasteiger partial charge in [0.05, 0.1) is 0 Å². The zero-order valence-electron chi connectivity index (χ0n) is 16.7. The highest BCUT2D eigenvalue weighted by molar-refractivity contribution is 5.76. The fourth-order valence-corrected chi connectivity index (χ4v) is 4.81. The van der Waals surface area contributed by atoms with Crippen molar-refractivity contribution >= 4 is 5.91 Å². The van der Waals surface area contributed by atoms with E-state index in [1.807, 2.05) is 0 Å². The van der Waals surface area contributed by atoms with Crippen LogP contribution in [0.4, 0.5) is 0 Å². The van der Waals surface area contributed by atoms with Gasteiger partial charge >= 0.3 is 0 Å². The molecule has 2 aliphatic heterocycles. The molecule has 1 unspecified atom stereocenters. The SMILES string of the molecule is O=C(CCCn1cncn1)N1CCC2(CCCN(CCc3ccccc3)C2)C1. The van der Waals surface area contributed by atoms with E-state index in [0.717, 1.165) is 52.0 Å². The number of carbonyl (C=O) groups excluding carboxylic acids is 1. The Morgan fingerprint density at radius 3 is 2.79 bits per heavy atom. The molecule has 1 amide bonds. The van der Waals surface area contributed by atoms with E-state index in [9.17, 15) is 4.79 Å². The van der Waals surface area contributed by atoms with Crippen molar-refractivity contribution in [2.75, 3.05) is 32.7 Å². The van der Waals surface area contributed by atoms with E-state index < -0.39 is 0 Å². The average Bonchev–Trinajstić information content (AvgIpc) is 3.38. The molecule has 1 atom stereocenters. The second-order valence-corrected chi connectivity index (χ2v) is 8.44. The smallest absolute Gasteiger partial charge is 0.222 e. The maximum absolute atomic E-state index is 12.7.